The molecule has 0 N–H and O–H groups in total. The maximum absolute atomic E-state index is 9.83. The molecule has 1 spiro atoms. The van der Waals surface area contributed by atoms with Gasteiger partial charge >= 0.3 is 0 Å². The van der Waals surface area contributed by atoms with Gasteiger partial charge in [-0.15, -0.1) is 0 Å². The Morgan fingerprint density at radius 2 is 0.893 bits per heavy atom. The third-order valence-electron chi connectivity index (χ3n) is 11.8. The summed E-state index contributed by atoms with van der Waals surface area (Å²) in [6, 6.07) is 62.0. The number of hydrogen-bond acceptors (Lipinski definition) is 4. The van der Waals surface area contributed by atoms with E-state index in [1.165, 1.54) is 76.6 Å². The van der Waals surface area contributed by atoms with Crippen molar-refractivity contribution >= 4 is 0 Å². The van der Waals surface area contributed by atoms with E-state index >= 15 is 0 Å². The Morgan fingerprint density at radius 1 is 0.393 bits per heavy atom. The van der Waals surface area contributed by atoms with Gasteiger partial charge in [0.1, 0.15) is 0 Å². The van der Waals surface area contributed by atoms with Crippen molar-refractivity contribution in [2.45, 2.75) is 37.5 Å². The number of nitrogens with zero attached hydrogens (tertiary/aromatic N) is 4. The van der Waals surface area contributed by atoms with E-state index in [2.05, 4.69) is 109 Å². The molecule has 4 heteroatoms. The van der Waals surface area contributed by atoms with Gasteiger partial charge in [0.2, 0.25) is 0 Å². The third kappa shape index (κ3) is 5.90. The van der Waals surface area contributed by atoms with Crippen molar-refractivity contribution in [2.24, 2.45) is 0 Å². The summed E-state index contributed by atoms with van der Waals surface area (Å²) in [5.41, 5.74) is 16.1. The Labute approximate surface area is 327 Å². The largest absolute Gasteiger partial charge is 0.208 e. The molecule has 0 amide bonds. The van der Waals surface area contributed by atoms with Crippen molar-refractivity contribution in [1.82, 2.24) is 15.0 Å². The van der Waals surface area contributed by atoms with E-state index in [1.54, 1.807) is 0 Å². The molecule has 0 aliphatic heterocycles. The number of hydrogen-bond donors (Lipinski definition) is 0. The fraction of sp³-hybridized carbons (Fsp3) is 0.115. The van der Waals surface area contributed by atoms with Crippen LogP contribution in [-0.2, 0) is 5.41 Å². The highest BCUT2D eigenvalue weighted by molar-refractivity contribution is 5.93. The molecule has 0 saturated heterocycles. The molecule has 2 aliphatic carbocycles. The zero-order valence-electron chi connectivity index (χ0n) is 31.0. The van der Waals surface area contributed by atoms with Crippen molar-refractivity contribution < 1.29 is 0 Å². The number of nitriles is 1. The van der Waals surface area contributed by atoms with Gasteiger partial charge in [-0.3, -0.25) is 0 Å². The lowest BCUT2D eigenvalue weighted by molar-refractivity contribution is 0.353. The van der Waals surface area contributed by atoms with E-state index in [0.717, 1.165) is 33.4 Å². The molecule has 1 aromatic heterocycles. The average molecular weight is 719 g/mol. The van der Waals surface area contributed by atoms with E-state index in [0.29, 0.717) is 17.5 Å². The van der Waals surface area contributed by atoms with Crippen LogP contribution in [0.2, 0.25) is 0 Å². The van der Waals surface area contributed by atoms with Crippen molar-refractivity contribution in [3.05, 3.63) is 187 Å². The fourth-order valence-electron chi connectivity index (χ4n) is 9.03. The predicted molar refractivity (Wildman–Crippen MR) is 226 cm³/mol. The third-order valence-corrected chi connectivity index (χ3v) is 11.8. The van der Waals surface area contributed by atoms with E-state index < -0.39 is 0 Å². The maximum atomic E-state index is 9.83. The van der Waals surface area contributed by atoms with Gasteiger partial charge in [-0.2, -0.15) is 5.26 Å². The van der Waals surface area contributed by atoms with Gasteiger partial charge in [0, 0.05) is 22.1 Å². The first-order valence-corrected chi connectivity index (χ1v) is 19.5. The molecular weight excluding hydrogens is 681 g/mol. The van der Waals surface area contributed by atoms with Crippen LogP contribution in [0.3, 0.4) is 0 Å². The van der Waals surface area contributed by atoms with E-state index in [-0.39, 0.29) is 5.41 Å². The fourth-order valence-corrected chi connectivity index (χ4v) is 9.03. The Morgan fingerprint density at radius 3 is 1.46 bits per heavy atom. The summed E-state index contributed by atoms with van der Waals surface area (Å²) in [7, 11) is 0. The summed E-state index contributed by atoms with van der Waals surface area (Å²) in [4.78, 5) is 14.7. The van der Waals surface area contributed by atoms with Crippen LogP contribution >= 0.6 is 0 Å². The maximum Gasteiger partial charge on any atom is 0.164 e. The molecular formula is C52H38N4. The minimum atomic E-state index is 0.0486. The van der Waals surface area contributed by atoms with E-state index in [1.807, 2.05) is 66.7 Å². The smallest absolute Gasteiger partial charge is 0.164 e. The van der Waals surface area contributed by atoms with Gasteiger partial charge in [0.25, 0.3) is 0 Å². The Bertz CT molecular complexity index is 2700. The minimum Gasteiger partial charge on any atom is -0.208 e. The van der Waals surface area contributed by atoms with Crippen molar-refractivity contribution in [3.8, 4) is 84.7 Å². The van der Waals surface area contributed by atoms with Gasteiger partial charge in [-0.05, 0) is 86.7 Å². The van der Waals surface area contributed by atoms with Crippen LogP contribution in [0, 0.1) is 11.3 Å². The van der Waals surface area contributed by atoms with Crippen LogP contribution in [-0.4, -0.2) is 15.0 Å². The first-order chi connectivity index (χ1) is 27.7. The first kappa shape index (κ1) is 33.6. The normalized spacial score (nSPS) is 13.8. The van der Waals surface area contributed by atoms with Crippen LogP contribution in [0.15, 0.2) is 170 Å². The summed E-state index contributed by atoms with van der Waals surface area (Å²) in [6.07, 6.45) is 6.12. The summed E-state index contributed by atoms with van der Waals surface area (Å²) in [5, 5.41) is 9.83. The monoisotopic (exact) mass is 718 g/mol. The zero-order chi connectivity index (χ0) is 37.5. The Balaban J connectivity index is 0.956. The van der Waals surface area contributed by atoms with E-state index in [9.17, 15) is 5.26 Å². The second kappa shape index (κ2) is 14.0. The zero-order valence-corrected chi connectivity index (χ0v) is 31.0. The lowest BCUT2D eigenvalue weighted by Gasteiger charge is -2.36. The highest BCUT2D eigenvalue weighted by Crippen LogP contribution is 2.58. The number of rotatable bonds is 6. The van der Waals surface area contributed by atoms with Gasteiger partial charge < -0.3 is 0 Å². The molecule has 1 fully saturated rings. The number of fused-ring (bicyclic) bond motifs is 5. The van der Waals surface area contributed by atoms with Crippen LogP contribution in [0.25, 0.3) is 78.7 Å². The van der Waals surface area contributed by atoms with E-state index in [4.69, 9.17) is 15.0 Å². The van der Waals surface area contributed by atoms with Gasteiger partial charge in [-0.25, -0.2) is 15.0 Å². The summed E-state index contributed by atoms with van der Waals surface area (Å²) in [6.45, 7) is 0. The SMILES string of the molecule is N#Cc1ccc2c(c1)-c1c(-c3ccc(-c4cccc(-c5ccc(-c6nc(-c7ccccc7)nc(-c7ccccc7)n6)cc5)c4)cc3)cccc1C21CCCCC1. The summed E-state index contributed by atoms with van der Waals surface area (Å²) < 4.78 is 0. The van der Waals surface area contributed by atoms with Crippen LogP contribution in [0.4, 0.5) is 0 Å². The molecule has 10 rings (SSSR count). The standard InChI is InChI=1S/C52H38N4/c53-34-35-20-29-46-45(32-35)48-44(18-11-19-47(48)52(46)30-8-3-9-31-52)38-25-21-36(22-26-38)42-16-10-17-43(33-42)37-23-27-41(28-24-37)51-55-49(39-12-4-1-5-13-39)54-50(56-51)40-14-6-2-7-15-40/h1-2,4-7,10-29,32-33H,3,8-9,30-31H2. The topological polar surface area (TPSA) is 62.5 Å². The van der Waals surface area contributed by atoms with Crippen LogP contribution in [0.1, 0.15) is 48.8 Å². The molecule has 7 aromatic carbocycles. The molecule has 1 saturated carbocycles. The summed E-state index contributed by atoms with van der Waals surface area (Å²) in [5.74, 6) is 1.95. The molecule has 0 atom stereocenters. The lowest BCUT2D eigenvalue weighted by Crippen LogP contribution is -2.28. The minimum absolute atomic E-state index is 0.0486. The van der Waals surface area contributed by atoms with Gasteiger partial charge in [0.15, 0.2) is 17.5 Å². The predicted octanol–water partition coefficient (Wildman–Crippen LogP) is 13.0. The van der Waals surface area contributed by atoms with Crippen molar-refractivity contribution in [2.75, 3.05) is 0 Å². The second-order valence-corrected chi connectivity index (χ2v) is 15.0. The number of benzene rings is 7. The molecule has 8 aromatic rings. The molecule has 0 radical (unpaired) electrons. The molecule has 2 aliphatic rings. The molecule has 0 bridgehead atoms. The highest BCUT2D eigenvalue weighted by atomic mass is 15.0. The first-order valence-electron chi connectivity index (χ1n) is 19.5. The molecule has 4 nitrogen and oxygen atoms in total. The van der Waals surface area contributed by atoms with Crippen LogP contribution in [0.5, 0.6) is 0 Å². The quantitative estimate of drug-likeness (QED) is 0.172. The van der Waals surface area contributed by atoms with Gasteiger partial charge in [-0.1, -0.05) is 171 Å². The highest BCUT2D eigenvalue weighted by Gasteiger charge is 2.44. The molecule has 0 unspecified atom stereocenters. The summed E-state index contributed by atoms with van der Waals surface area (Å²) >= 11 is 0. The average Bonchev–Trinajstić information content (AvgIpc) is 3.55. The van der Waals surface area contributed by atoms with Crippen molar-refractivity contribution in [3.63, 3.8) is 0 Å². The molecule has 266 valence electrons. The van der Waals surface area contributed by atoms with Crippen molar-refractivity contribution in [1.29, 1.82) is 5.26 Å². The molecule has 1 heterocycles. The second-order valence-electron chi connectivity index (χ2n) is 15.0. The van der Waals surface area contributed by atoms with Crippen LogP contribution < -0.4 is 0 Å². The Kier molecular flexibility index (Phi) is 8.42. The number of aromatic nitrogens is 3. The molecule has 56 heavy (non-hydrogen) atoms. The lowest BCUT2D eigenvalue weighted by atomic mass is 9.67. The van der Waals surface area contributed by atoms with Gasteiger partial charge in [0.05, 0.1) is 11.6 Å². The Hall–Kier alpha value is -6.96.